The van der Waals surface area contributed by atoms with Gasteiger partial charge in [-0.2, -0.15) is 0 Å². The quantitative estimate of drug-likeness (QED) is 0.295. The third-order valence-electron chi connectivity index (χ3n) is 4.93. The number of carbonyl (C=O) groups is 2. The second-order valence-electron chi connectivity index (χ2n) is 7.57. The van der Waals surface area contributed by atoms with Crippen LogP contribution in [0.2, 0.25) is 0 Å². The standard InChI is InChI=1S/C26H32N2O4/c1-3-10-23-24(15-14-22(20(2)29)26(23)31)32-18-8-4-5-13-25(30)28-17-7-6-11-21-12-9-16-27-19-21/h9,12,14-16,19,31H,3-4,6-8,10-11,17-18H2,1-2H3,(H,28,30). The minimum Gasteiger partial charge on any atom is -0.507 e. The number of ether oxygens (including phenoxy) is 1. The van der Waals surface area contributed by atoms with Gasteiger partial charge in [-0.05, 0) is 68.7 Å². The number of amides is 1. The summed E-state index contributed by atoms with van der Waals surface area (Å²) in [5.74, 6) is 5.64. The van der Waals surface area contributed by atoms with Crippen LogP contribution in [0, 0.1) is 11.8 Å². The number of ketones is 1. The lowest BCUT2D eigenvalue weighted by atomic mass is 10.0. The molecule has 32 heavy (non-hydrogen) atoms. The van der Waals surface area contributed by atoms with E-state index in [1.165, 1.54) is 12.5 Å². The molecule has 0 spiro atoms. The van der Waals surface area contributed by atoms with Crippen molar-refractivity contribution in [2.45, 2.75) is 58.8 Å². The summed E-state index contributed by atoms with van der Waals surface area (Å²) in [6, 6.07) is 7.30. The molecule has 1 aromatic carbocycles. The molecule has 0 aliphatic carbocycles. The molecular formula is C26H32N2O4. The molecule has 0 saturated heterocycles. The summed E-state index contributed by atoms with van der Waals surface area (Å²) in [6.45, 7) is 4.46. The van der Waals surface area contributed by atoms with Gasteiger partial charge in [-0.3, -0.25) is 14.6 Å². The molecule has 6 heteroatoms. The SMILES string of the molecule is CCCc1c(OCCCC#CC(=O)NCCCCc2cccnc2)ccc(C(C)=O)c1O. The first-order valence-corrected chi connectivity index (χ1v) is 11.2. The van der Waals surface area contributed by atoms with Crippen LogP contribution in [-0.4, -0.2) is 34.9 Å². The van der Waals surface area contributed by atoms with Gasteiger partial charge in [0.05, 0.1) is 12.2 Å². The van der Waals surface area contributed by atoms with Gasteiger partial charge in [-0.25, -0.2) is 0 Å². The summed E-state index contributed by atoms with van der Waals surface area (Å²) >= 11 is 0. The Morgan fingerprint density at radius 2 is 2.00 bits per heavy atom. The first kappa shape index (κ1) is 24.9. The van der Waals surface area contributed by atoms with Crippen molar-refractivity contribution in [3.8, 4) is 23.3 Å². The highest BCUT2D eigenvalue weighted by Gasteiger charge is 2.15. The van der Waals surface area contributed by atoms with Gasteiger partial charge in [0.1, 0.15) is 11.5 Å². The van der Waals surface area contributed by atoms with Gasteiger partial charge in [0.25, 0.3) is 5.91 Å². The molecule has 0 atom stereocenters. The Kier molecular flexibility index (Phi) is 10.8. The van der Waals surface area contributed by atoms with E-state index >= 15 is 0 Å². The number of pyridine rings is 1. The molecule has 2 N–H and O–H groups in total. The number of nitrogens with zero attached hydrogens (tertiary/aromatic N) is 1. The van der Waals surface area contributed by atoms with Crippen molar-refractivity contribution in [2.75, 3.05) is 13.2 Å². The second kappa shape index (κ2) is 13.9. The molecular weight excluding hydrogens is 404 g/mol. The van der Waals surface area contributed by atoms with Crippen molar-refractivity contribution >= 4 is 11.7 Å². The highest BCUT2D eigenvalue weighted by atomic mass is 16.5. The zero-order valence-corrected chi connectivity index (χ0v) is 18.9. The summed E-state index contributed by atoms with van der Waals surface area (Å²) in [6.07, 6.45) is 9.11. The number of phenolic OH excluding ortho intramolecular Hbond substituents is 1. The fourth-order valence-corrected chi connectivity index (χ4v) is 3.26. The summed E-state index contributed by atoms with van der Waals surface area (Å²) in [7, 11) is 0. The number of aryl methyl sites for hydroxylation is 1. The maximum Gasteiger partial charge on any atom is 0.295 e. The van der Waals surface area contributed by atoms with Crippen LogP contribution in [0.5, 0.6) is 11.5 Å². The van der Waals surface area contributed by atoms with E-state index < -0.39 is 0 Å². The van der Waals surface area contributed by atoms with E-state index in [-0.39, 0.29) is 17.4 Å². The molecule has 0 bridgehead atoms. The van der Waals surface area contributed by atoms with Crippen LogP contribution in [0.15, 0.2) is 36.7 Å². The number of hydrogen-bond acceptors (Lipinski definition) is 5. The number of Topliss-reactive ketones (excluding diaryl/α,β-unsaturated/α-hetero) is 1. The van der Waals surface area contributed by atoms with Crippen LogP contribution in [0.25, 0.3) is 0 Å². The molecule has 0 aliphatic heterocycles. The molecule has 2 aromatic rings. The maximum absolute atomic E-state index is 11.8. The van der Waals surface area contributed by atoms with E-state index in [1.54, 1.807) is 18.3 Å². The molecule has 0 unspecified atom stereocenters. The molecule has 0 fully saturated rings. The first-order chi connectivity index (χ1) is 15.5. The van der Waals surface area contributed by atoms with Gasteiger partial charge in [0, 0.05) is 30.9 Å². The van der Waals surface area contributed by atoms with E-state index in [1.807, 2.05) is 19.2 Å². The summed E-state index contributed by atoms with van der Waals surface area (Å²) in [4.78, 5) is 27.5. The number of carbonyl (C=O) groups excluding carboxylic acids is 2. The van der Waals surface area contributed by atoms with Crippen LogP contribution < -0.4 is 10.1 Å². The van der Waals surface area contributed by atoms with Crippen LogP contribution in [0.1, 0.15) is 67.4 Å². The second-order valence-corrected chi connectivity index (χ2v) is 7.57. The minimum absolute atomic E-state index is 0.00810. The number of hydrogen-bond donors (Lipinski definition) is 2. The Labute approximate surface area is 190 Å². The third kappa shape index (κ3) is 8.43. The van der Waals surface area contributed by atoms with Crippen molar-refractivity contribution in [1.29, 1.82) is 0 Å². The third-order valence-corrected chi connectivity index (χ3v) is 4.93. The molecule has 1 heterocycles. The molecule has 0 saturated carbocycles. The Morgan fingerprint density at radius 1 is 1.16 bits per heavy atom. The first-order valence-electron chi connectivity index (χ1n) is 11.2. The largest absolute Gasteiger partial charge is 0.507 e. The highest BCUT2D eigenvalue weighted by Crippen LogP contribution is 2.33. The predicted octanol–water partition coefficient (Wildman–Crippen LogP) is 4.24. The van der Waals surface area contributed by atoms with Crippen LogP contribution >= 0.6 is 0 Å². The zero-order valence-electron chi connectivity index (χ0n) is 18.9. The Balaban J connectivity index is 1.66. The Hall–Kier alpha value is -3.33. The number of rotatable bonds is 12. The molecule has 6 nitrogen and oxygen atoms in total. The van der Waals surface area contributed by atoms with Gasteiger partial charge in [0.2, 0.25) is 0 Å². The molecule has 0 aliphatic rings. The number of benzene rings is 1. The number of nitrogens with one attached hydrogen (secondary N) is 1. The number of phenols is 1. The van der Waals surface area contributed by atoms with Crippen molar-refractivity contribution in [1.82, 2.24) is 10.3 Å². The van der Waals surface area contributed by atoms with Gasteiger partial charge < -0.3 is 15.2 Å². The van der Waals surface area contributed by atoms with Gasteiger partial charge in [-0.15, -0.1) is 0 Å². The molecule has 1 aromatic heterocycles. The maximum atomic E-state index is 11.8. The van der Waals surface area contributed by atoms with E-state index in [0.717, 1.165) is 25.7 Å². The predicted molar refractivity (Wildman–Crippen MR) is 125 cm³/mol. The average molecular weight is 437 g/mol. The lowest BCUT2D eigenvalue weighted by Gasteiger charge is -2.14. The molecule has 0 radical (unpaired) electrons. The lowest BCUT2D eigenvalue weighted by molar-refractivity contribution is -0.115. The van der Waals surface area contributed by atoms with E-state index in [2.05, 4.69) is 28.2 Å². The lowest BCUT2D eigenvalue weighted by Crippen LogP contribution is -2.22. The topological polar surface area (TPSA) is 88.5 Å². The summed E-state index contributed by atoms with van der Waals surface area (Å²) < 4.78 is 5.80. The Morgan fingerprint density at radius 3 is 2.72 bits per heavy atom. The van der Waals surface area contributed by atoms with Crippen molar-refractivity contribution in [2.24, 2.45) is 0 Å². The van der Waals surface area contributed by atoms with E-state index in [4.69, 9.17) is 4.74 Å². The molecule has 170 valence electrons. The van der Waals surface area contributed by atoms with E-state index in [0.29, 0.717) is 49.3 Å². The number of aromatic hydroxyl groups is 1. The molecule has 1 amide bonds. The fraction of sp³-hybridized carbons (Fsp3) is 0.423. The summed E-state index contributed by atoms with van der Waals surface area (Å²) in [5.41, 5.74) is 2.18. The van der Waals surface area contributed by atoms with Crippen LogP contribution in [-0.2, 0) is 17.6 Å². The average Bonchev–Trinajstić information content (AvgIpc) is 2.78. The minimum atomic E-state index is -0.262. The molecule has 2 rings (SSSR count). The van der Waals surface area contributed by atoms with Gasteiger partial charge in [0.15, 0.2) is 5.78 Å². The number of aromatic nitrogens is 1. The van der Waals surface area contributed by atoms with Crippen molar-refractivity contribution < 1.29 is 19.4 Å². The Bertz CT molecular complexity index is 946. The normalized spacial score (nSPS) is 10.2. The zero-order chi connectivity index (χ0) is 23.2. The van der Waals surface area contributed by atoms with Crippen molar-refractivity contribution in [3.05, 3.63) is 53.3 Å². The fourth-order valence-electron chi connectivity index (χ4n) is 3.26. The van der Waals surface area contributed by atoms with Gasteiger partial charge >= 0.3 is 0 Å². The van der Waals surface area contributed by atoms with Crippen molar-refractivity contribution in [3.63, 3.8) is 0 Å². The van der Waals surface area contributed by atoms with Gasteiger partial charge in [-0.1, -0.05) is 25.3 Å². The summed E-state index contributed by atoms with van der Waals surface area (Å²) in [5, 5.41) is 13.2. The smallest absolute Gasteiger partial charge is 0.295 e. The van der Waals surface area contributed by atoms with Crippen LogP contribution in [0.4, 0.5) is 0 Å². The van der Waals surface area contributed by atoms with E-state index in [9.17, 15) is 14.7 Å². The number of unbranched alkanes of at least 4 members (excludes halogenated alkanes) is 2. The monoisotopic (exact) mass is 436 g/mol. The van der Waals surface area contributed by atoms with Crippen LogP contribution in [0.3, 0.4) is 0 Å². The highest BCUT2D eigenvalue weighted by molar-refractivity contribution is 5.97.